The second kappa shape index (κ2) is 5.50. The second-order valence-corrected chi connectivity index (χ2v) is 3.49. The zero-order valence-electron chi connectivity index (χ0n) is 9.12. The van der Waals surface area contributed by atoms with Gasteiger partial charge in [-0.1, -0.05) is 0 Å². The number of nitrogens with one attached hydrogen (secondary N) is 1. The minimum Gasteiger partial charge on any atom is -0.444 e. The van der Waals surface area contributed by atoms with E-state index < -0.39 is 0 Å². The van der Waals surface area contributed by atoms with Gasteiger partial charge in [0.1, 0.15) is 11.8 Å². The number of nitrogens with zero attached hydrogens (tertiary/aromatic N) is 1. The van der Waals surface area contributed by atoms with Gasteiger partial charge in [0.2, 0.25) is 11.8 Å². The molecule has 1 aromatic rings. The maximum atomic E-state index is 11.4. The van der Waals surface area contributed by atoms with Crippen molar-refractivity contribution in [3.05, 3.63) is 17.8 Å². The van der Waals surface area contributed by atoms with Gasteiger partial charge < -0.3 is 15.5 Å². The Kier molecular flexibility index (Phi) is 4.30. The highest BCUT2D eigenvalue weighted by Gasteiger charge is 2.13. The Hall–Kier alpha value is -1.36. The van der Waals surface area contributed by atoms with Crippen molar-refractivity contribution in [1.29, 1.82) is 0 Å². The Balaban J connectivity index is 2.41. The molecular weight excluding hydrogens is 194 g/mol. The summed E-state index contributed by atoms with van der Waals surface area (Å²) in [6, 6.07) is -0.191. The van der Waals surface area contributed by atoms with Crippen molar-refractivity contribution >= 4 is 5.91 Å². The van der Waals surface area contributed by atoms with Crippen molar-refractivity contribution < 1.29 is 9.21 Å². The molecule has 1 atom stereocenters. The van der Waals surface area contributed by atoms with Gasteiger partial charge in [-0.3, -0.25) is 4.79 Å². The van der Waals surface area contributed by atoms with Crippen LogP contribution in [0.3, 0.4) is 0 Å². The summed E-state index contributed by atoms with van der Waals surface area (Å²) in [5, 5.41) is 2.79. The van der Waals surface area contributed by atoms with Gasteiger partial charge in [0, 0.05) is 6.42 Å². The molecule has 0 saturated heterocycles. The molecule has 0 aromatic carbocycles. The van der Waals surface area contributed by atoms with Gasteiger partial charge in [-0.2, -0.15) is 0 Å². The fourth-order valence-corrected chi connectivity index (χ4v) is 1.21. The number of rotatable bonds is 5. The van der Waals surface area contributed by atoms with E-state index in [1.54, 1.807) is 6.20 Å². The summed E-state index contributed by atoms with van der Waals surface area (Å²) in [4.78, 5) is 15.4. The van der Waals surface area contributed by atoms with Crippen LogP contribution in [0.25, 0.3) is 0 Å². The molecule has 3 N–H and O–H groups in total. The molecule has 5 nitrogen and oxygen atoms in total. The van der Waals surface area contributed by atoms with Gasteiger partial charge in [-0.25, -0.2) is 4.98 Å². The average molecular weight is 211 g/mol. The van der Waals surface area contributed by atoms with Crippen molar-refractivity contribution in [3.8, 4) is 0 Å². The molecule has 5 heteroatoms. The molecular formula is C10H17N3O2. The minimum atomic E-state index is -0.191. The predicted octanol–water partition coefficient (Wildman–Crippen LogP) is 0.899. The van der Waals surface area contributed by atoms with Crippen LogP contribution >= 0.6 is 0 Å². The third-order valence-corrected chi connectivity index (χ3v) is 2.00. The van der Waals surface area contributed by atoms with E-state index in [-0.39, 0.29) is 11.9 Å². The molecule has 1 unspecified atom stereocenters. The van der Waals surface area contributed by atoms with Crippen molar-refractivity contribution in [2.75, 3.05) is 6.54 Å². The Morgan fingerprint density at radius 2 is 2.47 bits per heavy atom. The first-order chi connectivity index (χ1) is 7.13. The smallest absolute Gasteiger partial charge is 0.220 e. The first kappa shape index (κ1) is 11.7. The highest BCUT2D eigenvalue weighted by molar-refractivity contribution is 5.76. The largest absolute Gasteiger partial charge is 0.444 e. The summed E-state index contributed by atoms with van der Waals surface area (Å²) < 4.78 is 5.30. The van der Waals surface area contributed by atoms with E-state index in [0.29, 0.717) is 25.3 Å². The van der Waals surface area contributed by atoms with Crippen LogP contribution in [0.1, 0.15) is 37.5 Å². The van der Waals surface area contributed by atoms with E-state index in [9.17, 15) is 4.79 Å². The van der Waals surface area contributed by atoms with E-state index in [1.807, 2.05) is 13.8 Å². The number of carbonyl (C=O) groups excluding carboxylic acids is 1. The quantitative estimate of drug-likeness (QED) is 0.758. The molecule has 84 valence electrons. The van der Waals surface area contributed by atoms with Crippen LogP contribution in [-0.4, -0.2) is 17.4 Å². The van der Waals surface area contributed by atoms with E-state index in [0.717, 1.165) is 5.76 Å². The van der Waals surface area contributed by atoms with Crippen molar-refractivity contribution in [1.82, 2.24) is 10.3 Å². The first-order valence-electron chi connectivity index (χ1n) is 5.05. The van der Waals surface area contributed by atoms with E-state index in [2.05, 4.69) is 10.3 Å². The minimum absolute atomic E-state index is 0.0243. The molecule has 0 fully saturated rings. The van der Waals surface area contributed by atoms with Crippen molar-refractivity contribution in [2.45, 2.75) is 32.7 Å². The standard InChI is InChI=1S/C10H17N3O2/c1-7-6-12-10(15-7)8(2)13-9(14)4-3-5-11/h6,8H,3-5,11H2,1-2H3,(H,13,14). The van der Waals surface area contributed by atoms with Gasteiger partial charge in [-0.05, 0) is 26.8 Å². The predicted molar refractivity (Wildman–Crippen MR) is 56.1 cm³/mol. The molecule has 0 aliphatic carbocycles. The number of carbonyl (C=O) groups is 1. The van der Waals surface area contributed by atoms with Crippen LogP contribution in [0.2, 0.25) is 0 Å². The average Bonchev–Trinajstić information content (AvgIpc) is 2.61. The first-order valence-corrected chi connectivity index (χ1v) is 5.05. The zero-order chi connectivity index (χ0) is 11.3. The molecule has 0 spiro atoms. The number of oxazole rings is 1. The van der Waals surface area contributed by atoms with Crippen molar-refractivity contribution in [2.24, 2.45) is 5.73 Å². The molecule has 0 saturated carbocycles. The Bertz CT molecular complexity index is 322. The topological polar surface area (TPSA) is 81.2 Å². The van der Waals surface area contributed by atoms with E-state index in [4.69, 9.17) is 10.2 Å². The van der Waals surface area contributed by atoms with Gasteiger partial charge in [0.15, 0.2) is 0 Å². The lowest BCUT2D eigenvalue weighted by Crippen LogP contribution is -2.27. The van der Waals surface area contributed by atoms with Crippen molar-refractivity contribution in [3.63, 3.8) is 0 Å². The lowest BCUT2D eigenvalue weighted by molar-refractivity contribution is -0.121. The Labute approximate surface area is 89.1 Å². The molecule has 0 radical (unpaired) electrons. The number of amides is 1. The molecule has 1 aromatic heterocycles. The number of aromatic nitrogens is 1. The second-order valence-electron chi connectivity index (χ2n) is 3.49. The molecule has 15 heavy (non-hydrogen) atoms. The summed E-state index contributed by atoms with van der Waals surface area (Å²) in [5.41, 5.74) is 5.31. The lowest BCUT2D eigenvalue weighted by Gasteiger charge is -2.09. The zero-order valence-corrected chi connectivity index (χ0v) is 9.12. The summed E-state index contributed by atoms with van der Waals surface area (Å²) in [6.07, 6.45) is 2.78. The van der Waals surface area contributed by atoms with Gasteiger partial charge in [0.25, 0.3) is 0 Å². The number of hydrogen-bond acceptors (Lipinski definition) is 4. The monoisotopic (exact) mass is 211 g/mol. The molecule has 1 heterocycles. The maximum absolute atomic E-state index is 11.4. The van der Waals surface area contributed by atoms with Gasteiger partial charge in [0.05, 0.1) is 6.20 Å². The van der Waals surface area contributed by atoms with Crippen LogP contribution in [-0.2, 0) is 4.79 Å². The molecule has 0 bridgehead atoms. The molecule has 0 aliphatic rings. The SMILES string of the molecule is Cc1cnc(C(C)NC(=O)CCCN)o1. The molecule has 1 rings (SSSR count). The number of nitrogens with two attached hydrogens (primary N) is 1. The fourth-order valence-electron chi connectivity index (χ4n) is 1.21. The molecule has 0 aliphatic heterocycles. The highest BCUT2D eigenvalue weighted by atomic mass is 16.4. The van der Waals surface area contributed by atoms with Gasteiger partial charge >= 0.3 is 0 Å². The summed E-state index contributed by atoms with van der Waals surface area (Å²) in [7, 11) is 0. The maximum Gasteiger partial charge on any atom is 0.220 e. The summed E-state index contributed by atoms with van der Waals surface area (Å²) in [6.45, 7) is 4.19. The Morgan fingerprint density at radius 1 is 1.73 bits per heavy atom. The number of hydrogen-bond donors (Lipinski definition) is 2. The highest BCUT2D eigenvalue weighted by Crippen LogP contribution is 2.11. The fraction of sp³-hybridized carbons (Fsp3) is 0.600. The van der Waals surface area contributed by atoms with Crippen LogP contribution in [0.5, 0.6) is 0 Å². The summed E-state index contributed by atoms with van der Waals surface area (Å²) in [5.74, 6) is 1.26. The van der Waals surface area contributed by atoms with E-state index >= 15 is 0 Å². The lowest BCUT2D eigenvalue weighted by atomic mass is 10.2. The van der Waals surface area contributed by atoms with E-state index in [1.165, 1.54) is 0 Å². The van der Waals surface area contributed by atoms with Crippen LogP contribution in [0.4, 0.5) is 0 Å². The van der Waals surface area contributed by atoms with Crippen LogP contribution in [0, 0.1) is 6.92 Å². The number of aryl methyl sites for hydroxylation is 1. The normalized spacial score (nSPS) is 12.5. The Morgan fingerprint density at radius 3 is 3.00 bits per heavy atom. The third kappa shape index (κ3) is 3.71. The third-order valence-electron chi connectivity index (χ3n) is 2.00. The van der Waals surface area contributed by atoms with Gasteiger partial charge in [-0.15, -0.1) is 0 Å². The molecule has 1 amide bonds. The summed E-state index contributed by atoms with van der Waals surface area (Å²) >= 11 is 0. The van der Waals surface area contributed by atoms with Crippen LogP contribution in [0.15, 0.2) is 10.6 Å². The van der Waals surface area contributed by atoms with Crippen LogP contribution < -0.4 is 11.1 Å².